The maximum Gasteiger partial charge on any atom is 0.224 e. The second kappa shape index (κ2) is 5.03. The first-order valence-corrected chi connectivity index (χ1v) is 5.72. The summed E-state index contributed by atoms with van der Waals surface area (Å²) in [6.45, 7) is 0.521. The van der Waals surface area contributed by atoms with E-state index in [1.165, 1.54) is 0 Å². The Hall–Kier alpha value is -1.48. The van der Waals surface area contributed by atoms with E-state index in [2.05, 4.69) is 10.3 Å². The molecule has 2 N–H and O–H groups in total. The lowest BCUT2D eigenvalue weighted by Crippen LogP contribution is -2.26. The summed E-state index contributed by atoms with van der Waals surface area (Å²) in [7, 11) is 0. The molecule has 3 nitrogen and oxygen atoms in total. The number of nitrogens with one attached hydrogen (secondary N) is 2. The van der Waals surface area contributed by atoms with Crippen LogP contribution in [0.15, 0.2) is 30.5 Å². The normalized spacial score (nSPS) is 10.6. The number of amides is 1. The van der Waals surface area contributed by atoms with Gasteiger partial charge in [-0.1, -0.05) is 6.07 Å². The highest BCUT2D eigenvalue weighted by atomic mass is 35.5. The number of hydrogen-bond donors (Lipinski definition) is 2. The Bertz CT molecular complexity index is 492. The van der Waals surface area contributed by atoms with E-state index in [4.69, 9.17) is 11.6 Å². The van der Waals surface area contributed by atoms with Crippen LogP contribution in [0.4, 0.5) is 0 Å². The van der Waals surface area contributed by atoms with Crippen molar-refractivity contribution in [1.82, 2.24) is 10.3 Å². The van der Waals surface area contributed by atoms with Gasteiger partial charge in [0, 0.05) is 24.1 Å². The highest BCUT2D eigenvalue weighted by molar-refractivity contribution is 6.18. The molecule has 0 aliphatic heterocycles. The molecule has 0 saturated heterocycles. The average Bonchev–Trinajstić information content (AvgIpc) is 2.73. The minimum absolute atomic E-state index is 0.00976. The van der Waals surface area contributed by atoms with Crippen LogP contribution in [-0.2, 0) is 11.2 Å². The highest BCUT2D eigenvalue weighted by Crippen LogP contribution is 2.14. The molecule has 0 unspecified atom stereocenters. The van der Waals surface area contributed by atoms with E-state index >= 15 is 0 Å². The summed E-state index contributed by atoms with van der Waals surface area (Å²) < 4.78 is 0. The lowest BCUT2D eigenvalue weighted by Gasteiger charge is -2.03. The van der Waals surface area contributed by atoms with Crippen LogP contribution in [0.5, 0.6) is 0 Å². The zero-order chi connectivity index (χ0) is 11.4. The number of rotatable bonds is 4. The van der Waals surface area contributed by atoms with Gasteiger partial charge in [-0.15, -0.1) is 11.6 Å². The summed E-state index contributed by atoms with van der Waals surface area (Å²) in [5.41, 5.74) is 2.10. The van der Waals surface area contributed by atoms with Crippen molar-refractivity contribution in [2.24, 2.45) is 0 Å². The highest BCUT2D eigenvalue weighted by Gasteiger charge is 2.03. The molecule has 4 heteroatoms. The van der Waals surface area contributed by atoms with Gasteiger partial charge in [0.05, 0.1) is 6.42 Å². The molecule has 84 valence electrons. The number of carbonyl (C=O) groups is 1. The van der Waals surface area contributed by atoms with Crippen LogP contribution in [0.25, 0.3) is 10.9 Å². The van der Waals surface area contributed by atoms with Crippen molar-refractivity contribution in [2.75, 3.05) is 12.4 Å². The maximum absolute atomic E-state index is 11.5. The molecule has 0 saturated carbocycles. The van der Waals surface area contributed by atoms with E-state index in [-0.39, 0.29) is 5.91 Å². The van der Waals surface area contributed by atoms with E-state index in [1.54, 1.807) is 0 Å². The number of benzene rings is 1. The van der Waals surface area contributed by atoms with Crippen molar-refractivity contribution in [1.29, 1.82) is 0 Å². The Morgan fingerprint density at radius 1 is 1.38 bits per heavy atom. The average molecular weight is 237 g/mol. The predicted octanol–water partition coefficient (Wildman–Crippen LogP) is 2.07. The van der Waals surface area contributed by atoms with Crippen molar-refractivity contribution in [3.8, 4) is 0 Å². The summed E-state index contributed by atoms with van der Waals surface area (Å²) in [6.07, 6.45) is 2.29. The fourth-order valence-electron chi connectivity index (χ4n) is 1.65. The Labute approximate surface area is 98.8 Å². The van der Waals surface area contributed by atoms with Crippen LogP contribution in [0, 0.1) is 0 Å². The summed E-state index contributed by atoms with van der Waals surface area (Å²) >= 11 is 5.49. The number of aromatic nitrogens is 1. The van der Waals surface area contributed by atoms with Crippen molar-refractivity contribution < 1.29 is 4.79 Å². The Balaban J connectivity index is 2.06. The zero-order valence-corrected chi connectivity index (χ0v) is 9.55. The van der Waals surface area contributed by atoms with Crippen LogP contribution in [-0.4, -0.2) is 23.3 Å². The molecule has 0 atom stereocenters. The Kier molecular flexibility index (Phi) is 3.47. The lowest BCUT2D eigenvalue weighted by atomic mass is 10.1. The Morgan fingerprint density at radius 3 is 3.06 bits per heavy atom. The molecule has 1 aromatic heterocycles. The summed E-state index contributed by atoms with van der Waals surface area (Å²) in [4.78, 5) is 14.6. The van der Waals surface area contributed by atoms with Gasteiger partial charge in [-0.05, 0) is 29.1 Å². The first-order chi connectivity index (χ1) is 7.79. The van der Waals surface area contributed by atoms with E-state index in [0.717, 1.165) is 16.5 Å². The number of halogens is 1. The van der Waals surface area contributed by atoms with Crippen LogP contribution in [0.1, 0.15) is 5.56 Å². The van der Waals surface area contributed by atoms with Gasteiger partial charge in [0.1, 0.15) is 0 Å². The third-order valence-electron chi connectivity index (χ3n) is 2.40. The first kappa shape index (κ1) is 11.0. The van der Waals surface area contributed by atoms with E-state index < -0.39 is 0 Å². The molecule has 16 heavy (non-hydrogen) atoms. The smallest absolute Gasteiger partial charge is 0.224 e. The number of H-pyrrole nitrogens is 1. The minimum atomic E-state index is 0.00976. The molecule has 1 heterocycles. The number of alkyl halides is 1. The van der Waals surface area contributed by atoms with Gasteiger partial charge < -0.3 is 10.3 Å². The molecule has 1 aromatic carbocycles. The van der Waals surface area contributed by atoms with Gasteiger partial charge in [0.2, 0.25) is 5.91 Å². The van der Waals surface area contributed by atoms with Gasteiger partial charge in [-0.3, -0.25) is 4.79 Å². The topological polar surface area (TPSA) is 44.9 Å². The van der Waals surface area contributed by atoms with Gasteiger partial charge in [-0.2, -0.15) is 0 Å². The molecule has 1 amide bonds. The second-order valence-corrected chi connectivity index (χ2v) is 3.99. The maximum atomic E-state index is 11.5. The van der Waals surface area contributed by atoms with Crippen LogP contribution in [0.2, 0.25) is 0 Å². The SMILES string of the molecule is O=C(Cc1ccc2[nH]ccc2c1)NCCCl. The molecule has 2 aromatic rings. The monoisotopic (exact) mass is 236 g/mol. The molecular weight excluding hydrogens is 224 g/mol. The fraction of sp³-hybridized carbons (Fsp3) is 0.250. The van der Waals surface area contributed by atoms with Gasteiger partial charge in [-0.25, -0.2) is 0 Å². The van der Waals surface area contributed by atoms with E-state index in [0.29, 0.717) is 18.8 Å². The lowest BCUT2D eigenvalue weighted by molar-refractivity contribution is -0.120. The van der Waals surface area contributed by atoms with Crippen molar-refractivity contribution in [3.05, 3.63) is 36.0 Å². The summed E-state index contributed by atoms with van der Waals surface area (Å²) in [6, 6.07) is 7.96. The van der Waals surface area contributed by atoms with Gasteiger partial charge in [0.15, 0.2) is 0 Å². The molecule has 0 aliphatic rings. The third-order valence-corrected chi connectivity index (χ3v) is 2.59. The fourth-order valence-corrected chi connectivity index (χ4v) is 1.74. The molecule has 0 aliphatic carbocycles. The zero-order valence-electron chi connectivity index (χ0n) is 8.79. The number of aromatic amines is 1. The van der Waals surface area contributed by atoms with Crippen molar-refractivity contribution >= 4 is 28.4 Å². The van der Waals surface area contributed by atoms with Crippen molar-refractivity contribution in [2.45, 2.75) is 6.42 Å². The largest absolute Gasteiger partial charge is 0.361 e. The number of fused-ring (bicyclic) bond motifs is 1. The summed E-state index contributed by atoms with van der Waals surface area (Å²) in [5.74, 6) is 0.457. The molecular formula is C12H13ClN2O. The van der Waals surface area contributed by atoms with E-state index in [9.17, 15) is 4.79 Å². The summed E-state index contributed by atoms with van der Waals surface area (Å²) in [5, 5.41) is 3.87. The van der Waals surface area contributed by atoms with Crippen LogP contribution < -0.4 is 5.32 Å². The minimum Gasteiger partial charge on any atom is -0.361 e. The molecule has 2 rings (SSSR count). The molecule has 0 fully saturated rings. The second-order valence-electron chi connectivity index (χ2n) is 3.61. The predicted molar refractivity (Wildman–Crippen MR) is 65.7 cm³/mol. The van der Waals surface area contributed by atoms with Crippen LogP contribution in [0.3, 0.4) is 0 Å². The molecule has 0 radical (unpaired) electrons. The van der Waals surface area contributed by atoms with Crippen molar-refractivity contribution in [3.63, 3.8) is 0 Å². The number of carbonyl (C=O) groups excluding carboxylic acids is 1. The van der Waals surface area contributed by atoms with Crippen LogP contribution >= 0.6 is 11.6 Å². The van der Waals surface area contributed by atoms with E-state index in [1.807, 2.05) is 30.5 Å². The van der Waals surface area contributed by atoms with Gasteiger partial charge >= 0.3 is 0 Å². The quantitative estimate of drug-likeness (QED) is 0.785. The molecule has 0 spiro atoms. The first-order valence-electron chi connectivity index (χ1n) is 5.18. The standard InChI is InChI=1S/C12H13ClN2O/c13-4-6-15-12(16)8-9-1-2-11-10(7-9)3-5-14-11/h1-3,5,7,14H,4,6,8H2,(H,15,16). The van der Waals surface area contributed by atoms with Gasteiger partial charge in [0.25, 0.3) is 0 Å². The third kappa shape index (κ3) is 2.55. The Morgan fingerprint density at radius 2 is 2.25 bits per heavy atom. The molecule has 0 bridgehead atoms. The number of hydrogen-bond acceptors (Lipinski definition) is 1.